The fourth-order valence-corrected chi connectivity index (χ4v) is 3.74. The smallest absolute Gasteiger partial charge is 0.251 e. The van der Waals surface area contributed by atoms with Gasteiger partial charge in [-0.2, -0.15) is 0 Å². The van der Waals surface area contributed by atoms with Crippen molar-refractivity contribution in [2.75, 3.05) is 39.3 Å². The van der Waals surface area contributed by atoms with Gasteiger partial charge in [0.25, 0.3) is 5.91 Å². The summed E-state index contributed by atoms with van der Waals surface area (Å²) in [6, 6.07) is 0.421. The molecule has 0 aromatic rings. The molecule has 6 nitrogen and oxygen atoms in total. The second kappa shape index (κ2) is 8.31. The van der Waals surface area contributed by atoms with Gasteiger partial charge < -0.3 is 19.9 Å². The molecule has 3 atom stereocenters. The van der Waals surface area contributed by atoms with E-state index in [4.69, 9.17) is 4.74 Å². The van der Waals surface area contributed by atoms with Gasteiger partial charge in [-0.3, -0.25) is 9.59 Å². The van der Waals surface area contributed by atoms with Crippen LogP contribution in [0.25, 0.3) is 0 Å². The number of amides is 2. The highest BCUT2D eigenvalue weighted by Crippen LogP contribution is 2.21. The van der Waals surface area contributed by atoms with Crippen LogP contribution in [0.15, 0.2) is 0 Å². The molecular formula is C16H28ClN3O3. The Morgan fingerprint density at radius 1 is 1.04 bits per heavy atom. The zero-order valence-electron chi connectivity index (χ0n) is 13.8. The summed E-state index contributed by atoms with van der Waals surface area (Å²) in [6.45, 7) is 6.37. The summed E-state index contributed by atoms with van der Waals surface area (Å²) in [5, 5.41) is 3.39. The van der Waals surface area contributed by atoms with Gasteiger partial charge in [-0.25, -0.2) is 0 Å². The molecule has 0 saturated carbocycles. The van der Waals surface area contributed by atoms with E-state index in [2.05, 4.69) is 12.2 Å². The third-order valence-electron chi connectivity index (χ3n) is 5.08. The van der Waals surface area contributed by atoms with E-state index in [1.807, 2.05) is 9.80 Å². The number of rotatable bonds is 2. The zero-order chi connectivity index (χ0) is 15.5. The Balaban J connectivity index is 0.00000192. The molecule has 132 valence electrons. The van der Waals surface area contributed by atoms with Crippen molar-refractivity contribution in [1.29, 1.82) is 0 Å². The third kappa shape index (κ3) is 4.37. The van der Waals surface area contributed by atoms with Crippen molar-refractivity contribution in [3.05, 3.63) is 0 Å². The molecule has 23 heavy (non-hydrogen) atoms. The summed E-state index contributed by atoms with van der Waals surface area (Å²) in [5.41, 5.74) is 0. The molecule has 3 heterocycles. The normalized spacial score (nSPS) is 31.6. The van der Waals surface area contributed by atoms with Crippen LogP contribution in [0.2, 0.25) is 0 Å². The Morgan fingerprint density at radius 2 is 1.70 bits per heavy atom. The van der Waals surface area contributed by atoms with E-state index in [0.717, 1.165) is 32.2 Å². The second-order valence-corrected chi connectivity index (χ2v) is 6.73. The Bertz CT molecular complexity index is 421. The average molecular weight is 346 g/mol. The molecule has 0 aromatic carbocycles. The summed E-state index contributed by atoms with van der Waals surface area (Å²) < 4.78 is 5.47. The van der Waals surface area contributed by atoms with Crippen LogP contribution >= 0.6 is 12.4 Å². The molecule has 0 bridgehead atoms. The highest BCUT2D eigenvalue weighted by atomic mass is 35.5. The SMILES string of the molecule is C[C@H]1C[C@@H](C(=O)N2CCN(C(=O)C3CCCO3)CC2)CCN1.Cl. The van der Waals surface area contributed by atoms with Gasteiger partial charge in [-0.15, -0.1) is 12.4 Å². The van der Waals surface area contributed by atoms with Gasteiger partial charge in [-0.05, 0) is 39.2 Å². The topological polar surface area (TPSA) is 61.9 Å². The molecule has 3 aliphatic rings. The Morgan fingerprint density at radius 3 is 2.26 bits per heavy atom. The molecule has 0 aliphatic carbocycles. The number of piperazine rings is 1. The van der Waals surface area contributed by atoms with Crippen molar-refractivity contribution in [2.24, 2.45) is 5.92 Å². The summed E-state index contributed by atoms with van der Waals surface area (Å²) in [6.07, 6.45) is 3.42. The van der Waals surface area contributed by atoms with E-state index in [9.17, 15) is 9.59 Å². The summed E-state index contributed by atoms with van der Waals surface area (Å²) in [5.74, 6) is 0.536. The Hall–Kier alpha value is -0.850. The molecule has 0 spiro atoms. The van der Waals surface area contributed by atoms with Crippen LogP contribution in [0.3, 0.4) is 0 Å². The second-order valence-electron chi connectivity index (χ2n) is 6.73. The lowest BCUT2D eigenvalue weighted by molar-refractivity contribution is -0.147. The summed E-state index contributed by atoms with van der Waals surface area (Å²) in [4.78, 5) is 28.7. The first-order valence-corrected chi connectivity index (χ1v) is 8.57. The van der Waals surface area contributed by atoms with Gasteiger partial charge in [0.2, 0.25) is 5.91 Å². The van der Waals surface area contributed by atoms with Crippen molar-refractivity contribution in [2.45, 2.75) is 44.8 Å². The minimum atomic E-state index is -0.243. The summed E-state index contributed by atoms with van der Waals surface area (Å²) >= 11 is 0. The van der Waals surface area contributed by atoms with Gasteiger partial charge in [0, 0.05) is 44.7 Å². The fraction of sp³-hybridized carbons (Fsp3) is 0.875. The van der Waals surface area contributed by atoms with Crippen LogP contribution in [0.5, 0.6) is 0 Å². The third-order valence-corrected chi connectivity index (χ3v) is 5.08. The number of hydrogen-bond donors (Lipinski definition) is 1. The van der Waals surface area contributed by atoms with Crippen molar-refractivity contribution < 1.29 is 14.3 Å². The summed E-state index contributed by atoms with van der Waals surface area (Å²) in [7, 11) is 0. The first kappa shape index (κ1) is 18.5. The van der Waals surface area contributed by atoms with Crippen LogP contribution in [-0.2, 0) is 14.3 Å². The average Bonchev–Trinajstić information content (AvgIpc) is 3.08. The number of ether oxygens (including phenoxy) is 1. The van der Waals surface area contributed by atoms with Gasteiger partial charge in [0.1, 0.15) is 6.10 Å². The number of nitrogens with one attached hydrogen (secondary N) is 1. The van der Waals surface area contributed by atoms with E-state index in [0.29, 0.717) is 38.8 Å². The van der Waals surface area contributed by atoms with Gasteiger partial charge >= 0.3 is 0 Å². The molecule has 1 N–H and O–H groups in total. The predicted molar refractivity (Wildman–Crippen MR) is 89.6 cm³/mol. The lowest BCUT2D eigenvalue weighted by Gasteiger charge is -2.38. The first-order chi connectivity index (χ1) is 10.6. The van der Waals surface area contributed by atoms with E-state index < -0.39 is 0 Å². The molecule has 3 rings (SSSR count). The van der Waals surface area contributed by atoms with Crippen LogP contribution in [0, 0.1) is 5.92 Å². The predicted octanol–water partition coefficient (Wildman–Crippen LogP) is 0.646. The van der Waals surface area contributed by atoms with Crippen LogP contribution in [0.4, 0.5) is 0 Å². The standard InChI is InChI=1S/C16H27N3O3.ClH/c1-12-11-13(4-5-17-12)15(20)18-6-8-19(9-7-18)16(21)14-3-2-10-22-14;/h12-14,17H,2-11H2,1H3;1H/t12-,13-,14?;/m0./s1. The number of hydrogen-bond acceptors (Lipinski definition) is 4. The first-order valence-electron chi connectivity index (χ1n) is 8.57. The maximum Gasteiger partial charge on any atom is 0.251 e. The highest BCUT2D eigenvalue weighted by Gasteiger charge is 2.34. The van der Waals surface area contributed by atoms with E-state index in [1.165, 1.54) is 0 Å². The van der Waals surface area contributed by atoms with Crippen molar-refractivity contribution in [1.82, 2.24) is 15.1 Å². The quantitative estimate of drug-likeness (QED) is 0.798. The number of carbonyl (C=O) groups excluding carboxylic acids is 2. The maximum absolute atomic E-state index is 12.6. The van der Waals surface area contributed by atoms with Gasteiger partial charge in [-0.1, -0.05) is 0 Å². The number of carbonyl (C=O) groups is 2. The zero-order valence-corrected chi connectivity index (χ0v) is 14.6. The van der Waals surface area contributed by atoms with Crippen LogP contribution in [0.1, 0.15) is 32.6 Å². The molecule has 2 amide bonds. The molecule has 1 unspecified atom stereocenters. The number of halogens is 1. The maximum atomic E-state index is 12.6. The molecule has 3 aliphatic heterocycles. The number of piperidine rings is 1. The van der Waals surface area contributed by atoms with Crippen molar-refractivity contribution in [3.63, 3.8) is 0 Å². The number of nitrogens with zero attached hydrogens (tertiary/aromatic N) is 2. The minimum absolute atomic E-state index is 0. The molecule has 0 radical (unpaired) electrons. The van der Waals surface area contributed by atoms with E-state index in [-0.39, 0.29) is 36.2 Å². The lowest BCUT2D eigenvalue weighted by atomic mass is 9.92. The lowest BCUT2D eigenvalue weighted by Crippen LogP contribution is -2.54. The molecular weight excluding hydrogens is 318 g/mol. The van der Waals surface area contributed by atoms with Crippen LogP contribution in [-0.4, -0.2) is 73.1 Å². The fourth-order valence-electron chi connectivity index (χ4n) is 3.74. The highest BCUT2D eigenvalue weighted by molar-refractivity contribution is 5.85. The molecule has 3 fully saturated rings. The van der Waals surface area contributed by atoms with Crippen molar-refractivity contribution in [3.8, 4) is 0 Å². The molecule has 7 heteroatoms. The molecule has 0 aromatic heterocycles. The molecule has 3 saturated heterocycles. The van der Waals surface area contributed by atoms with Crippen LogP contribution < -0.4 is 5.32 Å². The van der Waals surface area contributed by atoms with E-state index >= 15 is 0 Å². The Labute approximate surface area is 144 Å². The van der Waals surface area contributed by atoms with E-state index in [1.54, 1.807) is 0 Å². The monoisotopic (exact) mass is 345 g/mol. The Kier molecular flexibility index (Phi) is 6.68. The van der Waals surface area contributed by atoms with Gasteiger partial charge in [0.05, 0.1) is 0 Å². The minimum Gasteiger partial charge on any atom is -0.368 e. The van der Waals surface area contributed by atoms with Gasteiger partial charge in [0.15, 0.2) is 0 Å². The largest absolute Gasteiger partial charge is 0.368 e. The van der Waals surface area contributed by atoms with Crippen molar-refractivity contribution >= 4 is 24.2 Å².